The van der Waals surface area contributed by atoms with Crippen molar-refractivity contribution in [3.63, 3.8) is 0 Å². The van der Waals surface area contributed by atoms with Crippen molar-refractivity contribution in [2.45, 2.75) is 13.0 Å². The van der Waals surface area contributed by atoms with Gasteiger partial charge in [-0.3, -0.25) is 10.1 Å². The predicted molar refractivity (Wildman–Crippen MR) is 65.0 cm³/mol. The average Bonchev–Trinajstić information content (AvgIpc) is 2.35. The molecule has 1 aromatic carbocycles. The van der Waals surface area contributed by atoms with E-state index in [1.54, 1.807) is 6.92 Å². The first-order chi connectivity index (χ1) is 8.86. The number of carbonyl (C=O) groups is 1. The number of rotatable bonds is 6. The highest BCUT2D eigenvalue weighted by Crippen LogP contribution is 2.26. The van der Waals surface area contributed by atoms with Crippen molar-refractivity contribution in [1.29, 1.82) is 0 Å². The van der Waals surface area contributed by atoms with Gasteiger partial charge < -0.3 is 15.2 Å². The van der Waals surface area contributed by atoms with Gasteiger partial charge in [0.25, 0.3) is 5.69 Å². The summed E-state index contributed by atoms with van der Waals surface area (Å²) in [6.07, 6.45) is -0.220. The van der Waals surface area contributed by atoms with Crippen molar-refractivity contribution in [3.8, 4) is 0 Å². The molecule has 0 radical (unpaired) electrons. The molecule has 2 N–H and O–H groups in total. The molecule has 0 amide bonds. The van der Waals surface area contributed by atoms with E-state index in [1.165, 1.54) is 7.11 Å². The molecule has 0 aliphatic rings. The summed E-state index contributed by atoms with van der Waals surface area (Å²) in [5.74, 6) is -2.38. The number of hydrogen-bond donors (Lipinski definition) is 2. The molecule has 0 saturated carbocycles. The van der Waals surface area contributed by atoms with Gasteiger partial charge in [-0.2, -0.15) is 0 Å². The Morgan fingerprint density at radius 1 is 1.63 bits per heavy atom. The van der Waals surface area contributed by atoms with Crippen LogP contribution in [0.15, 0.2) is 12.1 Å². The Bertz CT molecular complexity index is 506. The second-order valence-electron chi connectivity index (χ2n) is 3.84. The molecule has 7 nitrogen and oxygen atoms in total. The molecule has 0 spiro atoms. The SMILES string of the molecule is COC(C)CNc1cc(C(=O)O)c([N+](=O)[O-])cc1F. The molecule has 0 saturated heterocycles. The first-order valence-corrected chi connectivity index (χ1v) is 5.34. The van der Waals surface area contributed by atoms with Gasteiger partial charge in [0.1, 0.15) is 5.56 Å². The summed E-state index contributed by atoms with van der Waals surface area (Å²) < 4.78 is 18.5. The summed E-state index contributed by atoms with van der Waals surface area (Å²) in [6, 6.07) is 1.49. The lowest BCUT2D eigenvalue weighted by molar-refractivity contribution is -0.385. The number of anilines is 1. The van der Waals surface area contributed by atoms with Crippen molar-refractivity contribution >= 4 is 17.3 Å². The standard InChI is InChI=1S/C11H13FN2O5/c1-6(19-2)5-13-9-3-7(11(15)16)10(14(17)18)4-8(9)12/h3-4,6,13H,5H2,1-2H3,(H,15,16). The normalized spacial score (nSPS) is 11.9. The van der Waals surface area contributed by atoms with Gasteiger partial charge in [-0.15, -0.1) is 0 Å². The number of carboxylic acid groups (broad SMARTS) is 1. The monoisotopic (exact) mass is 272 g/mol. The number of carboxylic acids is 1. The molecule has 0 heterocycles. The van der Waals surface area contributed by atoms with E-state index in [9.17, 15) is 19.3 Å². The van der Waals surface area contributed by atoms with E-state index in [-0.39, 0.29) is 18.3 Å². The lowest BCUT2D eigenvalue weighted by Gasteiger charge is -2.13. The molecule has 0 aliphatic carbocycles. The van der Waals surface area contributed by atoms with Crippen LogP contribution in [0.4, 0.5) is 15.8 Å². The van der Waals surface area contributed by atoms with Gasteiger partial charge >= 0.3 is 5.97 Å². The van der Waals surface area contributed by atoms with Crippen LogP contribution in [-0.2, 0) is 4.74 Å². The first-order valence-electron chi connectivity index (χ1n) is 5.34. The van der Waals surface area contributed by atoms with E-state index in [4.69, 9.17) is 9.84 Å². The molecule has 0 fully saturated rings. The number of nitrogens with zero attached hydrogens (tertiary/aromatic N) is 1. The summed E-state index contributed by atoms with van der Waals surface area (Å²) in [4.78, 5) is 20.6. The minimum absolute atomic E-state index is 0.119. The average molecular weight is 272 g/mol. The van der Waals surface area contributed by atoms with E-state index in [2.05, 4.69) is 5.32 Å². The summed E-state index contributed by atoms with van der Waals surface area (Å²) in [6.45, 7) is 1.97. The molecule has 8 heteroatoms. The first kappa shape index (κ1) is 14.8. The van der Waals surface area contributed by atoms with Gasteiger partial charge in [0, 0.05) is 13.7 Å². The summed E-state index contributed by atoms with van der Waals surface area (Å²) in [7, 11) is 1.47. The van der Waals surface area contributed by atoms with Crippen molar-refractivity contribution in [2.75, 3.05) is 19.0 Å². The van der Waals surface area contributed by atoms with Crippen LogP contribution in [0.3, 0.4) is 0 Å². The molecular formula is C11H13FN2O5. The number of nitrogens with one attached hydrogen (secondary N) is 1. The van der Waals surface area contributed by atoms with Crippen molar-refractivity contribution in [1.82, 2.24) is 0 Å². The number of hydrogen-bond acceptors (Lipinski definition) is 5. The van der Waals surface area contributed by atoms with Crippen LogP contribution < -0.4 is 5.32 Å². The third-order valence-electron chi connectivity index (χ3n) is 2.49. The molecule has 104 valence electrons. The summed E-state index contributed by atoms with van der Waals surface area (Å²) >= 11 is 0. The maximum atomic E-state index is 13.6. The third kappa shape index (κ3) is 3.62. The summed E-state index contributed by atoms with van der Waals surface area (Å²) in [5, 5.41) is 22.2. The highest BCUT2D eigenvalue weighted by molar-refractivity contribution is 5.93. The fraction of sp³-hybridized carbons (Fsp3) is 0.364. The van der Waals surface area contributed by atoms with Crippen LogP contribution in [-0.4, -0.2) is 35.8 Å². The number of aromatic carboxylic acids is 1. The topological polar surface area (TPSA) is 102 Å². The molecule has 1 rings (SSSR count). The second-order valence-corrected chi connectivity index (χ2v) is 3.84. The van der Waals surface area contributed by atoms with Crippen LogP contribution in [0.25, 0.3) is 0 Å². The Balaban J connectivity index is 3.10. The number of nitro benzene ring substituents is 1. The van der Waals surface area contributed by atoms with Crippen LogP contribution in [0.2, 0.25) is 0 Å². The molecule has 1 aromatic rings. The Morgan fingerprint density at radius 3 is 2.74 bits per heavy atom. The van der Waals surface area contributed by atoms with E-state index < -0.39 is 28.0 Å². The highest BCUT2D eigenvalue weighted by atomic mass is 19.1. The molecule has 0 aromatic heterocycles. The number of halogens is 1. The summed E-state index contributed by atoms with van der Waals surface area (Å²) in [5.41, 5.74) is -1.47. The van der Waals surface area contributed by atoms with Crippen molar-refractivity contribution in [2.24, 2.45) is 0 Å². The Morgan fingerprint density at radius 2 is 2.26 bits per heavy atom. The number of benzene rings is 1. The molecule has 1 unspecified atom stereocenters. The predicted octanol–water partition coefficient (Wildman–Crippen LogP) is 1.88. The quantitative estimate of drug-likeness (QED) is 0.605. The molecule has 0 bridgehead atoms. The van der Waals surface area contributed by atoms with Gasteiger partial charge in [0.05, 0.1) is 22.8 Å². The Kier molecular flexibility index (Phi) is 4.76. The van der Waals surface area contributed by atoms with E-state index in [1.807, 2.05) is 0 Å². The fourth-order valence-corrected chi connectivity index (χ4v) is 1.36. The van der Waals surface area contributed by atoms with Crippen LogP contribution in [0.1, 0.15) is 17.3 Å². The smallest absolute Gasteiger partial charge is 0.342 e. The minimum Gasteiger partial charge on any atom is -0.477 e. The van der Waals surface area contributed by atoms with E-state index in [0.717, 1.165) is 6.07 Å². The Labute approximate surface area is 108 Å². The molecule has 19 heavy (non-hydrogen) atoms. The fourth-order valence-electron chi connectivity index (χ4n) is 1.36. The number of ether oxygens (including phenoxy) is 1. The van der Waals surface area contributed by atoms with Gasteiger partial charge in [0.2, 0.25) is 0 Å². The van der Waals surface area contributed by atoms with Gasteiger partial charge in [-0.1, -0.05) is 0 Å². The molecule has 0 aliphatic heterocycles. The zero-order valence-electron chi connectivity index (χ0n) is 10.3. The van der Waals surface area contributed by atoms with Gasteiger partial charge in [0.15, 0.2) is 5.82 Å². The lowest BCUT2D eigenvalue weighted by Crippen LogP contribution is -2.19. The maximum Gasteiger partial charge on any atom is 0.342 e. The zero-order valence-corrected chi connectivity index (χ0v) is 10.3. The lowest BCUT2D eigenvalue weighted by atomic mass is 10.1. The largest absolute Gasteiger partial charge is 0.477 e. The molecular weight excluding hydrogens is 259 g/mol. The highest BCUT2D eigenvalue weighted by Gasteiger charge is 2.23. The van der Waals surface area contributed by atoms with E-state index >= 15 is 0 Å². The van der Waals surface area contributed by atoms with Crippen LogP contribution in [0.5, 0.6) is 0 Å². The molecule has 1 atom stereocenters. The van der Waals surface area contributed by atoms with Crippen LogP contribution in [0, 0.1) is 15.9 Å². The maximum absolute atomic E-state index is 13.6. The van der Waals surface area contributed by atoms with E-state index in [0.29, 0.717) is 6.07 Å². The van der Waals surface area contributed by atoms with Crippen molar-refractivity contribution < 1.29 is 24.0 Å². The van der Waals surface area contributed by atoms with Crippen LogP contribution >= 0.6 is 0 Å². The number of nitro groups is 1. The van der Waals surface area contributed by atoms with Crippen molar-refractivity contribution in [3.05, 3.63) is 33.6 Å². The minimum atomic E-state index is -1.49. The Hall–Kier alpha value is -2.22. The van der Waals surface area contributed by atoms with Gasteiger partial charge in [-0.25, -0.2) is 9.18 Å². The van der Waals surface area contributed by atoms with Gasteiger partial charge in [-0.05, 0) is 13.0 Å². The zero-order chi connectivity index (χ0) is 14.6. The third-order valence-corrected chi connectivity index (χ3v) is 2.49. The second kappa shape index (κ2) is 6.10. The number of methoxy groups -OCH3 is 1.